The average molecular weight is 412 g/mol. The van der Waals surface area contributed by atoms with Crippen molar-refractivity contribution in [3.05, 3.63) is 58.6 Å². The van der Waals surface area contributed by atoms with Crippen molar-refractivity contribution in [1.82, 2.24) is 4.72 Å². The molecule has 0 spiro atoms. The van der Waals surface area contributed by atoms with E-state index < -0.39 is 21.9 Å². The lowest BCUT2D eigenvalue weighted by molar-refractivity contribution is -0.118. The number of methoxy groups -OCH3 is 1. The van der Waals surface area contributed by atoms with E-state index in [-0.39, 0.29) is 29.2 Å². The largest absolute Gasteiger partial charge is 0.493 e. The summed E-state index contributed by atoms with van der Waals surface area (Å²) in [5.41, 5.74) is 0.557. The molecule has 0 fully saturated rings. The molecule has 2 rings (SSSR count). The Morgan fingerprint density at radius 2 is 1.78 bits per heavy atom. The Bertz CT molecular complexity index is 941. The molecule has 0 bridgehead atoms. The van der Waals surface area contributed by atoms with E-state index in [1.165, 1.54) is 19.2 Å². The normalized spacial score (nSPS) is 10.9. The fraction of sp³-hybridized carbons (Fsp3) is 0.222. The van der Waals surface area contributed by atoms with Crippen LogP contribution in [-0.4, -0.2) is 34.0 Å². The number of carbonyl (C=O) groups excluding carboxylic acids is 2. The summed E-state index contributed by atoms with van der Waals surface area (Å²) in [5, 5.41) is 0.511. The van der Waals surface area contributed by atoms with E-state index in [0.717, 1.165) is 6.07 Å². The molecule has 1 amide bonds. The van der Waals surface area contributed by atoms with Crippen LogP contribution in [0.1, 0.15) is 22.8 Å². The summed E-state index contributed by atoms with van der Waals surface area (Å²) in [7, 11) is -3.00. The van der Waals surface area contributed by atoms with Crippen LogP contribution in [0.5, 0.6) is 5.75 Å². The Kier molecular flexibility index (Phi) is 6.81. The van der Waals surface area contributed by atoms with Gasteiger partial charge in [0.15, 0.2) is 0 Å². The van der Waals surface area contributed by atoms with Gasteiger partial charge >= 0.3 is 5.97 Å². The Morgan fingerprint density at radius 1 is 1.11 bits per heavy atom. The summed E-state index contributed by atoms with van der Waals surface area (Å²) in [6.07, 6.45) is -0.142. The highest BCUT2D eigenvalue weighted by molar-refractivity contribution is 7.90. The molecule has 0 aliphatic rings. The molecule has 144 valence electrons. The minimum atomic E-state index is -4.17. The van der Waals surface area contributed by atoms with Crippen LogP contribution < -0.4 is 9.46 Å². The van der Waals surface area contributed by atoms with E-state index >= 15 is 0 Å². The third kappa shape index (κ3) is 5.45. The van der Waals surface area contributed by atoms with Gasteiger partial charge in [0.1, 0.15) is 11.3 Å². The SMILES string of the molecule is CCOc1ccc(S(=O)(=O)NC(=O)Cc2ccc(Cl)cc2)cc1C(=O)OC. The number of amides is 1. The van der Waals surface area contributed by atoms with Gasteiger partial charge in [-0.1, -0.05) is 23.7 Å². The van der Waals surface area contributed by atoms with E-state index in [9.17, 15) is 18.0 Å². The number of ether oxygens (including phenoxy) is 2. The van der Waals surface area contributed by atoms with Crippen LogP contribution >= 0.6 is 11.6 Å². The van der Waals surface area contributed by atoms with Gasteiger partial charge in [0, 0.05) is 5.02 Å². The predicted molar refractivity (Wildman–Crippen MR) is 99.4 cm³/mol. The molecule has 0 saturated heterocycles. The van der Waals surface area contributed by atoms with Gasteiger partial charge in [-0.15, -0.1) is 0 Å². The lowest BCUT2D eigenvalue weighted by Crippen LogP contribution is -2.32. The lowest BCUT2D eigenvalue weighted by Gasteiger charge is -2.12. The topological polar surface area (TPSA) is 98.8 Å². The van der Waals surface area contributed by atoms with Crippen molar-refractivity contribution in [2.45, 2.75) is 18.2 Å². The van der Waals surface area contributed by atoms with E-state index in [1.54, 1.807) is 31.2 Å². The second-order valence-corrected chi connectivity index (χ2v) is 7.53. The first-order valence-corrected chi connectivity index (χ1v) is 9.78. The second kappa shape index (κ2) is 8.88. The highest BCUT2D eigenvalue weighted by Gasteiger charge is 2.22. The summed E-state index contributed by atoms with van der Waals surface area (Å²) >= 11 is 5.78. The molecule has 0 aliphatic heterocycles. The van der Waals surface area contributed by atoms with Crippen LogP contribution in [0, 0.1) is 0 Å². The third-order valence-electron chi connectivity index (χ3n) is 3.49. The first-order chi connectivity index (χ1) is 12.8. The number of sulfonamides is 1. The molecule has 0 atom stereocenters. The molecule has 0 unspecified atom stereocenters. The highest BCUT2D eigenvalue weighted by atomic mass is 35.5. The van der Waals surface area contributed by atoms with Gasteiger partial charge in [-0.05, 0) is 42.8 Å². The second-order valence-electron chi connectivity index (χ2n) is 5.41. The number of nitrogens with one attached hydrogen (secondary N) is 1. The van der Waals surface area contributed by atoms with E-state index in [2.05, 4.69) is 4.74 Å². The predicted octanol–water partition coefficient (Wildman–Crippen LogP) is 2.57. The van der Waals surface area contributed by atoms with Crippen molar-refractivity contribution in [2.75, 3.05) is 13.7 Å². The van der Waals surface area contributed by atoms with Crippen molar-refractivity contribution in [2.24, 2.45) is 0 Å². The third-order valence-corrected chi connectivity index (χ3v) is 5.12. The average Bonchev–Trinajstić information content (AvgIpc) is 2.63. The Hall–Kier alpha value is -2.58. The number of halogens is 1. The maximum Gasteiger partial charge on any atom is 0.341 e. The maximum atomic E-state index is 12.5. The van der Waals surface area contributed by atoms with Gasteiger partial charge in [0.2, 0.25) is 5.91 Å². The molecule has 0 heterocycles. The lowest BCUT2D eigenvalue weighted by atomic mass is 10.1. The van der Waals surface area contributed by atoms with Crippen molar-refractivity contribution >= 4 is 33.5 Å². The van der Waals surface area contributed by atoms with E-state index in [0.29, 0.717) is 10.6 Å². The van der Waals surface area contributed by atoms with E-state index in [1.807, 2.05) is 4.72 Å². The summed E-state index contributed by atoms with van der Waals surface area (Å²) in [6, 6.07) is 10.2. The van der Waals surface area contributed by atoms with Crippen LogP contribution in [-0.2, 0) is 26.0 Å². The summed E-state index contributed by atoms with van der Waals surface area (Å²) in [5.74, 6) is -1.27. The van der Waals surface area contributed by atoms with Crippen LogP contribution in [0.2, 0.25) is 5.02 Å². The maximum absolute atomic E-state index is 12.5. The number of hydrogen-bond acceptors (Lipinski definition) is 6. The molecule has 2 aromatic rings. The van der Waals surface area contributed by atoms with Crippen molar-refractivity contribution < 1.29 is 27.5 Å². The highest BCUT2D eigenvalue weighted by Crippen LogP contribution is 2.23. The molecular weight excluding hydrogens is 394 g/mol. The molecule has 0 radical (unpaired) electrons. The quantitative estimate of drug-likeness (QED) is 0.703. The number of esters is 1. The number of hydrogen-bond donors (Lipinski definition) is 1. The molecule has 0 saturated carbocycles. The zero-order chi connectivity index (χ0) is 20.0. The monoisotopic (exact) mass is 411 g/mol. The molecule has 7 nitrogen and oxygen atoms in total. The van der Waals surface area contributed by atoms with Gasteiger partial charge in [-0.2, -0.15) is 0 Å². The molecule has 0 aromatic heterocycles. The minimum Gasteiger partial charge on any atom is -0.493 e. The van der Waals surface area contributed by atoms with E-state index in [4.69, 9.17) is 16.3 Å². The number of carbonyl (C=O) groups is 2. The standard InChI is InChI=1S/C18H18ClNO6S/c1-3-26-16-9-8-14(11-15(16)18(22)25-2)27(23,24)20-17(21)10-12-4-6-13(19)7-5-12/h4-9,11H,3,10H2,1-2H3,(H,20,21). The Labute approximate surface area is 162 Å². The zero-order valence-corrected chi connectivity index (χ0v) is 16.3. The van der Waals surface area contributed by atoms with Crippen LogP contribution in [0.4, 0.5) is 0 Å². The zero-order valence-electron chi connectivity index (χ0n) is 14.7. The molecule has 1 N–H and O–H groups in total. The molecular formula is C18H18ClNO6S. The van der Waals surface area contributed by atoms with Crippen molar-refractivity contribution in [3.8, 4) is 5.75 Å². The molecule has 0 aliphatic carbocycles. The molecule has 27 heavy (non-hydrogen) atoms. The number of rotatable bonds is 7. The van der Waals surface area contributed by atoms with Crippen molar-refractivity contribution in [3.63, 3.8) is 0 Å². The van der Waals surface area contributed by atoms with Gasteiger partial charge in [-0.3, -0.25) is 4.79 Å². The van der Waals surface area contributed by atoms with Gasteiger partial charge < -0.3 is 9.47 Å². The molecule has 2 aromatic carbocycles. The Morgan fingerprint density at radius 3 is 2.37 bits per heavy atom. The van der Waals surface area contributed by atoms with Crippen LogP contribution in [0.15, 0.2) is 47.4 Å². The molecule has 9 heteroatoms. The summed E-state index contributed by atoms with van der Waals surface area (Å²) in [4.78, 5) is 23.7. The minimum absolute atomic E-state index is 0.0487. The fourth-order valence-corrected chi connectivity index (χ4v) is 3.40. The fourth-order valence-electron chi connectivity index (χ4n) is 2.26. The Balaban J connectivity index is 2.23. The summed E-state index contributed by atoms with van der Waals surface area (Å²) in [6.45, 7) is 2.01. The van der Waals surface area contributed by atoms with Gasteiger partial charge in [-0.25, -0.2) is 17.9 Å². The summed E-state index contributed by atoms with van der Waals surface area (Å²) < 4.78 is 36.9. The first-order valence-electron chi connectivity index (χ1n) is 7.92. The van der Waals surface area contributed by atoms with Crippen LogP contribution in [0.25, 0.3) is 0 Å². The smallest absolute Gasteiger partial charge is 0.341 e. The first kappa shape index (κ1) is 20.7. The van der Waals surface area contributed by atoms with Gasteiger partial charge in [0.25, 0.3) is 10.0 Å². The van der Waals surface area contributed by atoms with Gasteiger partial charge in [0.05, 0.1) is 25.0 Å². The van der Waals surface area contributed by atoms with Crippen LogP contribution in [0.3, 0.4) is 0 Å². The number of benzene rings is 2. The van der Waals surface area contributed by atoms with Crippen molar-refractivity contribution in [1.29, 1.82) is 0 Å².